The number of nitrogens with one attached hydrogen (secondary N) is 1. The third kappa shape index (κ3) is 6.09. The van der Waals surface area contributed by atoms with E-state index in [1.807, 2.05) is 0 Å². The predicted molar refractivity (Wildman–Crippen MR) is 185 cm³/mol. The zero-order valence-electron chi connectivity index (χ0n) is 26.1. The zero-order valence-corrected chi connectivity index (χ0v) is 26.1. The van der Waals surface area contributed by atoms with Crippen LogP contribution in [0.5, 0.6) is 0 Å². The molecule has 1 aromatic heterocycles. The molecule has 0 bridgehead atoms. The summed E-state index contributed by atoms with van der Waals surface area (Å²) in [6.45, 7) is 9.13. The van der Waals surface area contributed by atoms with Gasteiger partial charge < -0.3 is 5.32 Å². The number of nitrogens with zero attached hydrogens (tertiary/aromatic N) is 2. The lowest BCUT2D eigenvalue weighted by Gasteiger charge is -2.34. The van der Waals surface area contributed by atoms with Gasteiger partial charge in [0.2, 0.25) is 0 Å². The monoisotopic (exact) mass is 575 g/mol. The zero-order chi connectivity index (χ0) is 30.5. The molecule has 0 fully saturated rings. The SMILES string of the molecule is CC(C)c1cccc(C(C)C)c1N[C@@H](c1ccccc1)[C@@H](c1ccccc1)n1nc(-c2ccccc2)cc1-c1ccccc1. The van der Waals surface area contributed by atoms with Crippen LogP contribution >= 0.6 is 0 Å². The Morgan fingerprint density at radius 1 is 0.523 bits per heavy atom. The van der Waals surface area contributed by atoms with Gasteiger partial charge >= 0.3 is 0 Å². The molecule has 6 rings (SSSR count). The average molecular weight is 576 g/mol. The standard InChI is InChI=1S/C41H41N3/c1-29(2)35-26-17-27-36(30(3)4)40(35)42-39(33-22-13-7-14-23-33)41(34-24-15-8-16-25-34)44-38(32-20-11-6-12-21-32)28-37(43-44)31-18-9-5-10-19-31/h5-30,39,41-42H,1-4H3/t39-,41+/m0/s1. The van der Waals surface area contributed by atoms with Gasteiger partial charge in [-0.25, -0.2) is 0 Å². The third-order valence-electron chi connectivity index (χ3n) is 8.43. The minimum absolute atomic E-state index is 0.109. The summed E-state index contributed by atoms with van der Waals surface area (Å²) < 4.78 is 2.25. The van der Waals surface area contributed by atoms with E-state index in [1.165, 1.54) is 27.9 Å². The number of para-hydroxylation sites is 1. The van der Waals surface area contributed by atoms with Crippen LogP contribution in [0.2, 0.25) is 0 Å². The van der Waals surface area contributed by atoms with Gasteiger partial charge in [0, 0.05) is 11.3 Å². The molecule has 2 atom stereocenters. The Morgan fingerprint density at radius 3 is 1.52 bits per heavy atom. The molecule has 0 aliphatic heterocycles. The maximum Gasteiger partial charge on any atom is 0.102 e. The first-order valence-electron chi connectivity index (χ1n) is 15.7. The minimum atomic E-state index is -0.147. The van der Waals surface area contributed by atoms with E-state index in [-0.39, 0.29) is 12.1 Å². The quantitative estimate of drug-likeness (QED) is 0.176. The molecule has 5 aromatic carbocycles. The van der Waals surface area contributed by atoms with Crippen LogP contribution in [-0.2, 0) is 0 Å². The van der Waals surface area contributed by atoms with E-state index in [1.54, 1.807) is 0 Å². The number of anilines is 1. The molecule has 0 saturated heterocycles. The molecule has 220 valence electrons. The maximum atomic E-state index is 5.41. The summed E-state index contributed by atoms with van der Waals surface area (Å²) in [5.74, 6) is 0.745. The highest BCUT2D eigenvalue weighted by atomic mass is 15.3. The van der Waals surface area contributed by atoms with Crippen molar-refractivity contribution >= 4 is 5.69 Å². The van der Waals surface area contributed by atoms with Gasteiger partial charge in [0.15, 0.2) is 0 Å². The van der Waals surface area contributed by atoms with Gasteiger partial charge in [-0.1, -0.05) is 167 Å². The summed E-state index contributed by atoms with van der Waals surface area (Å²) in [4.78, 5) is 0. The summed E-state index contributed by atoms with van der Waals surface area (Å²) in [5, 5.41) is 9.57. The van der Waals surface area contributed by atoms with Gasteiger partial charge in [0.1, 0.15) is 6.04 Å². The lowest BCUT2D eigenvalue weighted by Crippen LogP contribution is -2.28. The van der Waals surface area contributed by atoms with Crippen molar-refractivity contribution in [2.75, 3.05) is 5.32 Å². The van der Waals surface area contributed by atoms with Gasteiger partial charge in [-0.2, -0.15) is 5.10 Å². The highest BCUT2D eigenvalue weighted by molar-refractivity contribution is 5.69. The van der Waals surface area contributed by atoms with Gasteiger partial charge in [-0.05, 0) is 45.7 Å². The molecule has 1 heterocycles. The van der Waals surface area contributed by atoms with Crippen LogP contribution in [0, 0.1) is 0 Å². The number of benzene rings is 5. The predicted octanol–water partition coefficient (Wildman–Crippen LogP) is 10.9. The molecule has 0 saturated carbocycles. The Kier molecular flexibility index (Phi) is 8.74. The highest BCUT2D eigenvalue weighted by Crippen LogP contribution is 2.42. The summed E-state index contributed by atoms with van der Waals surface area (Å²) in [5.41, 5.74) is 10.6. The fourth-order valence-corrected chi connectivity index (χ4v) is 6.18. The molecular weight excluding hydrogens is 534 g/mol. The molecule has 44 heavy (non-hydrogen) atoms. The van der Waals surface area contributed by atoms with E-state index in [9.17, 15) is 0 Å². The van der Waals surface area contributed by atoms with Crippen molar-refractivity contribution in [3.8, 4) is 22.5 Å². The first-order valence-corrected chi connectivity index (χ1v) is 15.7. The molecule has 0 radical (unpaired) electrons. The van der Waals surface area contributed by atoms with Crippen LogP contribution < -0.4 is 5.32 Å². The topological polar surface area (TPSA) is 29.9 Å². The molecule has 3 nitrogen and oxygen atoms in total. The molecule has 0 unspecified atom stereocenters. The summed E-state index contributed by atoms with van der Waals surface area (Å²) in [6.07, 6.45) is 0. The van der Waals surface area contributed by atoms with Crippen LogP contribution in [0.4, 0.5) is 5.69 Å². The number of rotatable bonds is 10. The molecule has 0 aliphatic rings. The summed E-state index contributed by atoms with van der Waals surface area (Å²) >= 11 is 0. The second-order valence-electron chi connectivity index (χ2n) is 12.1. The van der Waals surface area contributed by atoms with Crippen LogP contribution in [0.3, 0.4) is 0 Å². The van der Waals surface area contributed by atoms with E-state index < -0.39 is 0 Å². The Balaban J connectivity index is 1.62. The molecule has 3 heteroatoms. The van der Waals surface area contributed by atoms with Crippen molar-refractivity contribution in [2.45, 2.75) is 51.6 Å². The third-order valence-corrected chi connectivity index (χ3v) is 8.43. The highest BCUT2D eigenvalue weighted by Gasteiger charge is 2.31. The number of aromatic nitrogens is 2. The fourth-order valence-electron chi connectivity index (χ4n) is 6.18. The molecule has 1 N–H and O–H groups in total. The first-order chi connectivity index (χ1) is 21.5. The van der Waals surface area contributed by atoms with Crippen molar-refractivity contribution in [1.82, 2.24) is 9.78 Å². The van der Waals surface area contributed by atoms with Gasteiger partial charge in [-0.15, -0.1) is 0 Å². The first kappa shape index (κ1) is 29.2. The molecular formula is C41H41N3. The van der Waals surface area contributed by atoms with E-state index in [4.69, 9.17) is 5.10 Å². The average Bonchev–Trinajstić information content (AvgIpc) is 3.51. The van der Waals surface area contributed by atoms with Crippen molar-refractivity contribution in [3.63, 3.8) is 0 Å². The Morgan fingerprint density at radius 2 is 1.00 bits per heavy atom. The summed E-state index contributed by atoms with van der Waals surface area (Å²) in [6, 6.07) is 51.5. The second-order valence-corrected chi connectivity index (χ2v) is 12.1. The van der Waals surface area contributed by atoms with Crippen LogP contribution in [-0.4, -0.2) is 9.78 Å². The fraction of sp³-hybridized carbons (Fsp3) is 0.195. The second kappa shape index (κ2) is 13.2. The van der Waals surface area contributed by atoms with Gasteiger partial charge in [0.05, 0.1) is 17.4 Å². The van der Waals surface area contributed by atoms with Crippen LogP contribution in [0.25, 0.3) is 22.5 Å². The lowest BCUT2D eigenvalue weighted by atomic mass is 9.89. The molecule has 6 aromatic rings. The molecule has 0 amide bonds. The van der Waals surface area contributed by atoms with Crippen molar-refractivity contribution < 1.29 is 0 Å². The van der Waals surface area contributed by atoms with Gasteiger partial charge in [-0.3, -0.25) is 4.68 Å². The number of hydrogen-bond donors (Lipinski definition) is 1. The molecule has 0 aliphatic carbocycles. The van der Waals surface area contributed by atoms with E-state index in [0.29, 0.717) is 11.8 Å². The van der Waals surface area contributed by atoms with Crippen molar-refractivity contribution in [2.24, 2.45) is 0 Å². The Bertz CT molecular complexity index is 1750. The van der Waals surface area contributed by atoms with E-state index >= 15 is 0 Å². The van der Waals surface area contributed by atoms with Crippen molar-refractivity contribution in [1.29, 1.82) is 0 Å². The Hall–Kier alpha value is -4.89. The Labute approximate surface area is 262 Å². The number of hydrogen-bond acceptors (Lipinski definition) is 2. The molecule has 0 spiro atoms. The lowest BCUT2D eigenvalue weighted by molar-refractivity contribution is 0.468. The largest absolute Gasteiger partial charge is 0.375 e. The van der Waals surface area contributed by atoms with E-state index in [0.717, 1.165) is 22.5 Å². The van der Waals surface area contributed by atoms with Crippen molar-refractivity contribution in [3.05, 3.63) is 168 Å². The van der Waals surface area contributed by atoms with Crippen LogP contribution in [0.1, 0.15) is 73.9 Å². The minimum Gasteiger partial charge on any atom is -0.375 e. The normalized spacial score (nSPS) is 12.8. The van der Waals surface area contributed by atoms with E-state index in [2.05, 4.69) is 183 Å². The maximum absolute atomic E-state index is 5.41. The van der Waals surface area contributed by atoms with Gasteiger partial charge in [0.25, 0.3) is 0 Å². The smallest absolute Gasteiger partial charge is 0.102 e. The summed E-state index contributed by atoms with van der Waals surface area (Å²) in [7, 11) is 0. The van der Waals surface area contributed by atoms with Crippen LogP contribution in [0.15, 0.2) is 146 Å².